The molecule has 0 aliphatic rings. The molecule has 1 rings (SSSR count). The van der Waals surface area contributed by atoms with Gasteiger partial charge in [0.2, 0.25) is 0 Å². The van der Waals surface area contributed by atoms with Crippen molar-refractivity contribution in [1.82, 2.24) is 0 Å². The molecule has 17 heavy (non-hydrogen) atoms. The van der Waals surface area contributed by atoms with Crippen molar-refractivity contribution in [3.8, 4) is 0 Å². The molecular weight excluding hydrogens is 214 g/mol. The number of anilines is 2. The van der Waals surface area contributed by atoms with Gasteiger partial charge in [0.1, 0.15) is 0 Å². The predicted octanol–water partition coefficient (Wildman–Crippen LogP) is 2.36. The van der Waals surface area contributed by atoms with Crippen LogP contribution in [-0.2, 0) is 0 Å². The standard InChI is InChI=1S/C13H21N3O/c1-4-13(3,5-2)16-9-6-7-11(14)10(8-9)12(15)17/h6-8,16H,4-5,14H2,1-3H3,(H2,15,17). The Balaban J connectivity index is 3.01. The summed E-state index contributed by atoms with van der Waals surface area (Å²) < 4.78 is 0. The van der Waals surface area contributed by atoms with Crippen molar-refractivity contribution >= 4 is 17.3 Å². The highest BCUT2D eigenvalue weighted by Gasteiger charge is 2.19. The third-order valence-electron chi connectivity index (χ3n) is 3.33. The quantitative estimate of drug-likeness (QED) is 0.685. The predicted molar refractivity (Wildman–Crippen MR) is 72.0 cm³/mol. The topological polar surface area (TPSA) is 81.1 Å². The third-order valence-corrected chi connectivity index (χ3v) is 3.33. The lowest BCUT2D eigenvalue weighted by atomic mass is 9.95. The fourth-order valence-electron chi connectivity index (χ4n) is 1.62. The van der Waals surface area contributed by atoms with E-state index in [1.54, 1.807) is 12.1 Å². The zero-order valence-corrected chi connectivity index (χ0v) is 10.7. The number of rotatable bonds is 5. The van der Waals surface area contributed by atoms with E-state index in [9.17, 15) is 4.79 Å². The largest absolute Gasteiger partial charge is 0.398 e. The van der Waals surface area contributed by atoms with Crippen molar-refractivity contribution in [2.45, 2.75) is 39.2 Å². The molecule has 5 N–H and O–H groups in total. The van der Waals surface area contributed by atoms with Gasteiger partial charge in [0.25, 0.3) is 5.91 Å². The molecule has 0 unspecified atom stereocenters. The number of carbonyl (C=O) groups is 1. The van der Waals surface area contributed by atoms with Gasteiger partial charge in [-0.25, -0.2) is 0 Å². The molecule has 0 radical (unpaired) electrons. The van der Waals surface area contributed by atoms with Gasteiger partial charge in [-0.05, 0) is 38.0 Å². The minimum atomic E-state index is -0.499. The fourth-order valence-corrected chi connectivity index (χ4v) is 1.62. The van der Waals surface area contributed by atoms with Gasteiger partial charge in [0.15, 0.2) is 0 Å². The van der Waals surface area contributed by atoms with Gasteiger partial charge in [-0.3, -0.25) is 4.79 Å². The first-order valence-electron chi connectivity index (χ1n) is 5.89. The van der Waals surface area contributed by atoms with Crippen LogP contribution in [0.4, 0.5) is 11.4 Å². The Bertz CT molecular complexity index is 411. The highest BCUT2D eigenvalue weighted by atomic mass is 16.1. The summed E-state index contributed by atoms with van der Waals surface area (Å²) in [6.07, 6.45) is 2.00. The number of hydrogen-bond donors (Lipinski definition) is 3. The Kier molecular flexibility index (Phi) is 3.99. The molecule has 0 aromatic heterocycles. The van der Waals surface area contributed by atoms with Crippen LogP contribution in [-0.4, -0.2) is 11.4 Å². The second-order valence-electron chi connectivity index (χ2n) is 4.56. The maximum atomic E-state index is 11.2. The first-order chi connectivity index (χ1) is 7.91. The minimum absolute atomic E-state index is 0.0189. The van der Waals surface area contributed by atoms with Crippen LogP contribution in [0.3, 0.4) is 0 Å². The van der Waals surface area contributed by atoms with Crippen molar-refractivity contribution in [3.63, 3.8) is 0 Å². The van der Waals surface area contributed by atoms with Crippen LogP contribution in [0.15, 0.2) is 18.2 Å². The summed E-state index contributed by atoms with van der Waals surface area (Å²) in [6, 6.07) is 5.28. The molecule has 0 saturated heterocycles. The van der Waals surface area contributed by atoms with Gasteiger partial charge >= 0.3 is 0 Å². The Morgan fingerprint density at radius 2 is 1.94 bits per heavy atom. The smallest absolute Gasteiger partial charge is 0.250 e. The highest BCUT2D eigenvalue weighted by Crippen LogP contribution is 2.24. The summed E-state index contributed by atoms with van der Waals surface area (Å²) in [4.78, 5) is 11.2. The molecule has 0 heterocycles. The lowest BCUT2D eigenvalue weighted by molar-refractivity contribution is 0.100. The summed E-state index contributed by atoms with van der Waals surface area (Å²) in [5, 5.41) is 3.41. The zero-order chi connectivity index (χ0) is 13.1. The van der Waals surface area contributed by atoms with Crippen molar-refractivity contribution in [3.05, 3.63) is 23.8 Å². The van der Waals surface area contributed by atoms with Crippen LogP contribution in [0.2, 0.25) is 0 Å². The fraction of sp³-hybridized carbons (Fsp3) is 0.462. The summed E-state index contributed by atoms with van der Waals surface area (Å²) >= 11 is 0. The van der Waals surface area contributed by atoms with E-state index in [4.69, 9.17) is 11.5 Å². The number of hydrogen-bond acceptors (Lipinski definition) is 3. The van der Waals surface area contributed by atoms with E-state index in [1.807, 2.05) is 6.07 Å². The second kappa shape index (κ2) is 5.08. The number of carbonyl (C=O) groups excluding carboxylic acids is 1. The van der Waals surface area contributed by atoms with E-state index >= 15 is 0 Å². The van der Waals surface area contributed by atoms with Crippen LogP contribution in [0.25, 0.3) is 0 Å². The molecule has 4 nitrogen and oxygen atoms in total. The molecule has 0 aliphatic heterocycles. The summed E-state index contributed by atoms with van der Waals surface area (Å²) in [6.45, 7) is 6.40. The van der Waals surface area contributed by atoms with Gasteiger partial charge in [0, 0.05) is 16.9 Å². The maximum absolute atomic E-state index is 11.2. The summed E-state index contributed by atoms with van der Waals surface area (Å²) in [5.41, 5.74) is 12.6. The molecule has 0 atom stereocenters. The van der Waals surface area contributed by atoms with Crippen molar-refractivity contribution in [2.75, 3.05) is 11.1 Å². The number of nitrogens with one attached hydrogen (secondary N) is 1. The lowest BCUT2D eigenvalue weighted by Gasteiger charge is -2.29. The van der Waals surface area contributed by atoms with Crippen LogP contribution in [0, 0.1) is 0 Å². The number of primary amides is 1. The minimum Gasteiger partial charge on any atom is -0.398 e. The molecule has 4 heteroatoms. The van der Waals surface area contributed by atoms with E-state index in [2.05, 4.69) is 26.1 Å². The molecule has 0 aliphatic carbocycles. The van der Waals surface area contributed by atoms with Crippen molar-refractivity contribution in [1.29, 1.82) is 0 Å². The number of amides is 1. The normalized spacial score (nSPS) is 11.2. The van der Waals surface area contributed by atoms with Crippen LogP contribution >= 0.6 is 0 Å². The van der Waals surface area contributed by atoms with E-state index in [-0.39, 0.29) is 5.54 Å². The number of nitrogen functional groups attached to an aromatic ring is 1. The Hall–Kier alpha value is -1.71. The van der Waals surface area contributed by atoms with Gasteiger partial charge < -0.3 is 16.8 Å². The number of nitrogens with two attached hydrogens (primary N) is 2. The molecular formula is C13H21N3O. The first-order valence-corrected chi connectivity index (χ1v) is 5.89. The van der Waals surface area contributed by atoms with E-state index in [1.165, 1.54) is 0 Å². The molecule has 0 spiro atoms. The van der Waals surface area contributed by atoms with Crippen LogP contribution < -0.4 is 16.8 Å². The van der Waals surface area contributed by atoms with E-state index in [0.717, 1.165) is 18.5 Å². The monoisotopic (exact) mass is 235 g/mol. The Morgan fingerprint density at radius 1 is 1.35 bits per heavy atom. The van der Waals surface area contributed by atoms with E-state index in [0.29, 0.717) is 11.3 Å². The van der Waals surface area contributed by atoms with E-state index < -0.39 is 5.91 Å². The summed E-state index contributed by atoms with van der Waals surface area (Å²) in [5.74, 6) is -0.499. The highest BCUT2D eigenvalue weighted by molar-refractivity contribution is 5.98. The molecule has 0 bridgehead atoms. The third kappa shape index (κ3) is 3.12. The van der Waals surface area contributed by atoms with Crippen LogP contribution in [0.5, 0.6) is 0 Å². The first kappa shape index (κ1) is 13.4. The average Bonchev–Trinajstić information content (AvgIpc) is 2.31. The molecule has 1 aromatic rings. The zero-order valence-electron chi connectivity index (χ0n) is 10.7. The average molecular weight is 235 g/mol. The Labute approximate surface area is 102 Å². The van der Waals surface area contributed by atoms with Crippen molar-refractivity contribution in [2.24, 2.45) is 5.73 Å². The SMILES string of the molecule is CCC(C)(CC)Nc1ccc(N)c(C(N)=O)c1. The van der Waals surface area contributed by atoms with Crippen molar-refractivity contribution < 1.29 is 4.79 Å². The maximum Gasteiger partial charge on any atom is 0.250 e. The lowest BCUT2D eigenvalue weighted by Crippen LogP contribution is -2.33. The van der Waals surface area contributed by atoms with Gasteiger partial charge in [0.05, 0.1) is 5.56 Å². The molecule has 0 fully saturated rings. The van der Waals surface area contributed by atoms with Gasteiger partial charge in [-0.2, -0.15) is 0 Å². The molecule has 0 saturated carbocycles. The summed E-state index contributed by atoms with van der Waals surface area (Å²) in [7, 11) is 0. The second-order valence-corrected chi connectivity index (χ2v) is 4.56. The molecule has 1 aromatic carbocycles. The number of benzene rings is 1. The Morgan fingerprint density at radius 3 is 2.41 bits per heavy atom. The van der Waals surface area contributed by atoms with Gasteiger partial charge in [-0.15, -0.1) is 0 Å². The molecule has 1 amide bonds. The molecule has 94 valence electrons. The van der Waals surface area contributed by atoms with Crippen LogP contribution in [0.1, 0.15) is 44.0 Å². The van der Waals surface area contributed by atoms with Gasteiger partial charge in [-0.1, -0.05) is 13.8 Å².